The van der Waals surface area contributed by atoms with Crippen molar-refractivity contribution in [2.24, 2.45) is 0 Å². The highest BCUT2D eigenvalue weighted by molar-refractivity contribution is 4.66. The molecule has 0 radical (unpaired) electrons. The molecule has 2 atom stereocenters. The zero-order valence-electron chi connectivity index (χ0n) is 16.6. The third-order valence-corrected chi connectivity index (χ3v) is 4.85. The van der Waals surface area contributed by atoms with Gasteiger partial charge in [0.2, 0.25) is 0 Å². The fourth-order valence-electron chi connectivity index (χ4n) is 3.26. The van der Waals surface area contributed by atoms with Gasteiger partial charge in [-0.2, -0.15) is 0 Å². The van der Waals surface area contributed by atoms with E-state index in [1.54, 1.807) is 0 Å². The molecule has 0 rings (SSSR count). The van der Waals surface area contributed by atoms with E-state index in [1.807, 2.05) is 7.11 Å². The van der Waals surface area contributed by atoms with Gasteiger partial charge in [0, 0.05) is 13.7 Å². The number of methoxy groups -OCH3 is 1. The second-order valence-electron chi connectivity index (χ2n) is 6.90. The maximum absolute atomic E-state index is 5.89. The van der Waals surface area contributed by atoms with Crippen molar-refractivity contribution < 1.29 is 9.47 Å². The minimum Gasteiger partial charge on any atom is -0.381 e. The van der Waals surface area contributed by atoms with Crippen LogP contribution in [-0.2, 0) is 9.47 Å². The van der Waals surface area contributed by atoms with Crippen LogP contribution in [0.3, 0.4) is 0 Å². The molecular formula is C21H44O2. The normalized spacial score (nSPS) is 14.1. The van der Waals surface area contributed by atoms with E-state index >= 15 is 0 Å². The molecular weight excluding hydrogens is 284 g/mol. The highest BCUT2D eigenvalue weighted by Gasteiger charge is 2.14. The zero-order chi connectivity index (χ0) is 17.2. The molecule has 0 aromatic heterocycles. The van der Waals surface area contributed by atoms with E-state index in [2.05, 4.69) is 20.8 Å². The standard InChI is InChI=1S/C21H44O2/c1-5-8-9-10-11-12-13-14-15-16-17-18-21(23-7-3)19-20(6-2)22-4/h20-21H,5-19H2,1-4H3. The van der Waals surface area contributed by atoms with Crippen molar-refractivity contribution in [2.45, 2.75) is 123 Å². The summed E-state index contributed by atoms with van der Waals surface area (Å²) in [6.45, 7) is 7.40. The van der Waals surface area contributed by atoms with Gasteiger partial charge in [0.25, 0.3) is 0 Å². The topological polar surface area (TPSA) is 18.5 Å². The lowest BCUT2D eigenvalue weighted by molar-refractivity contribution is -0.00197. The molecule has 140 valence electrons. The lowest BCUT2D eigenvalue weighted by atomic mass is 10.0. The molecule has 0 amide bonds. The molecule has 23 heavy (non-hydrogen) atoms. The molecule has 0 heterocycles. The largest absolute Gasteiger partial charge is 0.381 e. The molecule has 0 aromatic rings. The van der Waals surface area contributed by atoms with E-state index in [0.717, 1.165) is 19.4 Å². The average Bonchev–Trinajstić information content (AvgIpc) is 2.57. The summed E-state index contributed by atoms with van der Waals surface area (Å²) in [5, 5.41) is 0. The first-order chi connectivity index (χ1) is 11.3. The Morgan fingerprint density at radius 3 is 1.61 bits per heavy atom. The van der Waals surface area contributed by atoms with Gasteiger partial charge in [-0.15, -0.1) is 0 Å². The fraction of sp³-hybridized carbons (Fsp3) is 1.00. The van der Waals surface area contributed by atoms with E-state index in [9.17, 15) is 0 Å². The monoisotopic (exact) mass is 328 g/mol. The van der Waals surface area contributed by atoms with Crippen LogP contribution in [-0.4, -0.2) is 25.9 Å². The van der Waals surface area contributed by atoms with Gasteiger partial charge in [-0.1, -0.05) is 84.5 Å². The van der Waals surface area contributed by atoms with Crippen molar-refractivity contribution in [3.05, 3.63) is 0 Å². The van der Waals surface area contributed by atoms with Crippen LogP contribution in [0.2, 0.25) is 0 Å². The fourth-order valence-corrected chi connectivity index (χ4v) is 3.26. The summed E-state index contributed by atoms with van der Waals surface area (Å²) < 4.78 is 11.4. The summed E-state index contributed by atoms with van der Waals surface area (Å²) in [5.41, 5.74) is 0. The molecule has 0 aliphatic heterocycles. The van der Waals surface area contributed by atoms with Crippen molar-refractivity contribution >= 4 is 0 Å². The third-order valence-electron chi connectivity index (χ3n) is 4.85. The Labute approximate surface area is 146 Å². The van der Waals surface area contributed by atoms with Crippen LogP contribution in [0.15, 0.2) is 0 Å². The van der Waals surface area contributed by atoms with Crippen LogP contribution >= 0.6 is 0 Å². The quantitative estimate of drug-likeness (QED) is 0.255. The van der Waals surface area contributed by atoms with E-state index in [0.29, 0.717) is 12.2 Å². The lowest BCUT2D eigenvalue weighted by Gasteiger charge is -2.22. The maximum Gasteiger partial charge on any atom is 0.0599 e. The highest BCUT2D eigenvalue weighted by atomic mass is 16.5. The van der Waals surface area contributed by atoms with Gasteiger partial charge in [-0.25, -0.2) is 0 Å². The Balaban J connectivity index is 3.48. The van der Waals surface area contributed by atoms with Gasteiger partial charge in [0.15, 0.2) is 0 Å². The minimum absolute atomic E-state index is 0.360. The van der Waals surface area contributed by atoms with Gasteiger partial charge < -0.3 is 9.47 Å². The molecule has 0 saturated carbocycles. The Bertz CT molecular complexity index is 214. The van der Waals surface area contributed by atoms with E-state index in [4.69, 9.17) is 9.47 Å². The van der Waals surface area contributed by atoms with Crippen molar-refractivity contribution in [1.82, 2.24) is 0 Å². The van der Waals surface area contributed by atoms with E-state index in [-0.39, 0.29) is 0 Å². The first-order valence-corrected chi connectivity index (χ1v) is 10.4. The summed E-state index contributed by atoms with van der Waals surface area (Å²) in [6, 6.07) is 0. The Kier molecular flexibility index (Phi) is 18.2. The molecule has 0 aliphatic rings. The summed E-state index contributed by atoms with van der Waals surface area (Å²) in [4.78, 5) is 0. The first kappa shape index (κ1) is 22.9. The highest BCUT2D eigenvalue weighted by Crippen LogP contribution is 2.17. The number of hydrogen-bond donors (Lipinski definition) is 0. The molecule has 0 N–H and O–H groups in total. The summed E-state index contributed by atoms with van der Waals surface area (Å²) >= 11 is 0. The molecule has 0 aliphatic carbocycles. The van der Waals surface area contributed by atoms with Crippen LogP contribution in [0.1, 0.15) is 111 Å². The van der Waals surface area contributed by atoms with Crippen LogP contribution in [0.4, 0.5) is 0 Å². The Morgan fingerprint density at radius 2 is 1.17 bits per heavy atom. The number of unbranched alkanes of at least 4 members (excludes halogenated alkanes) is 10. The Morgan fingerprint density at radius 1 is 0.652 bits per heavy atom. The van der Waals surface area contributed by atoms with Crippen molar-refractivity contribution in [3.63, 3.8) is 0 Å². The predicted molar refractivity (Wildman–Crippen MR) is 102 cm³/mol. The lowest BCUT2D eigenvalue weighted by Crippen LogP contribution is -2.22. The number of rotatable bonds is 18. The third kappa shape index (κ3) is 15.2. The molecule has 0 aromatic carbocycles. The van der Waals surface area contributed by atoms with Gasteiger partial charge in [0.05, 0.1) is 12.2 Å². The summed E-state index contributed by atoms with van der Waals surface area (Å²) in [6.07, 6.45) is 19.6. The van der Waals surface area contributed by atoms with Gasteiger partial charge in [0.1, 0.15) is 0 Å². The van der Waals surface area contributed by atoms with Gasteiger partial charge in [-0.3, -0.25) is 0 Å². The smallest absolute Gasteiger partial charge is 0.0599 e. The minimum atomic E-state index is 0.360. The first-order valence-electron chi connectivity index (χ1n) is 10.4. The SMILES string of the molecule is CCCCCCCCCCCCCC(CC(CC)OC)OCC. The van der Waals surface area contributed by atoms with Gasteiger partial charge in [-0.05, 0) is 26.2 Å². The predicted octanol–water partition coefficient (Wildman–Crippen LogP) is 6.91. The van der Waals surface area contributed by atoms with Crippen LogP contribution in [0, 0.1) is 0 Å². The molecule has 0 saturated heterocycles. The second-order valence-corrected chi connectivity index (χ2v) is 6.90. The van der Waals surface area contributed by atoms with Crippen LogP contribution in [0.25, 0.3) is 0 Å². The molecule has 2 heteroatoms. The Hall–Kier alpha value is -0.0800. The van der Waals surface area contributed by atoms with E-state index < -0.39 is 0 Å². The average molecular weight is 329 g/mol. The molecule has 0 spiro atoms. The second kappa shape index (κ2) is 18.3. The van der Waals surface area contributed by atoms with Crippen molar-refractivity contribution in [2.75, 3.05) is 13.7 Å². The number of ether oxygens (including phenoxy) is 2. The summed E-state index contributed by atoms with van der Waals surface area (Å²) in [7, 11) is 1.82. The van der Waals surface area contributed by atoms with Crippen molar-refractivity contribution in [3.8, 4) is 0 Å². The van der Waals surface area contributed by atoms with Crippen molar-refractivity contribution in [1.29, 1.82) is 0 Å². The molecule has 0 fully saturated rings. The molecule has 2 unspecified atom stereocenters. The van der Waals surface area contributed by atoms with Crippen LogP contribution in [0.5, 0.6) is 0 Å². The van der Waals surface area contributed by atoms with E-state index in [1.165, 1.54) is 77.0 Å². The van der Waals surface area contributed by atoms with Gasteiger partial charge >= 0.3 is 0 Å². The summed E-state index contributed by atoms with van der Waals surface area (Å²) in [5.74, 6) is 0. The molecule has 0 bridgehead atoms. The maximum atomic E-state index is 5.89. The zero-order valence-corrected chi connectivity index (χ0v) is 16.6. The number of hydrogen-bond acceptors (Lipinski definition) is 2. The van der Waals surface area contributed by atoms with Crippen LogP contribution < -0.4 is 0 Å². The molecule has 2 nitrogen and oxygen atoms in total.